The molecule has 1 fully saturated rings. The fourth-order valence-corrected chi connectivity index (χ4v) is 6.28. The SMILES string of the molecule is CNC(=O)CN1CCN(c2ccc(-c3ccc4c(C)c(-c5cc(C)nc(C)c5)n(Cc5ccc(OC)cc5)c4c3)cn2)CC1. The molecule has 3 aromatic heterocycles. The first-order chi connectivity index (χ1) is 21.3. The molecule has 8 heteroatoms. The van der Waals surface area contributed by atoms with Gasteiger partial charge in [0.1, 0.15) is 11.6 Å². The minimum absolute atomic E-state index is 0.0568. The van der Waals surface area contributed by atoms with Crippen LogP contribution in [0.3, 0.4) is 0 Å². The molecule has 0 radical (unpaired) electrons. The van der Waals surface area contributed by atoms with Gasteiger partial charge >= 0.3 is 0 Å². The lowest BCUT2D eigenvalue weighted by Gasteiger charge is -2.34. The summed E-state index contributed by atoms with van der Waals surface area (Å²) in [5.74, 6) is 1.88. The van der Waals surface area contributed by atoms with Crippen molar-refractivity contribution in [2.24, 2.45) is 0 Å². The zero-order valence-electron chi connectivity index (χ0n) is 26.2. The summed E-state index contributed by atoms with van der Waals surface area (Å²) in [4.78, 5) is 25.7. The highest BCUT2D eigenvalue weighted by molar-refractivity contribution is 5.94. The predicted molar refractivity (Wildman–Crippen MR) is 177 cm³/mol. The first-order valence-electron chi connectivity index (χ1n) is 15.2. The molecule has 1 aliphatic heterocycles. The van der Waals surface area contributed by atoms with Crippen molar-refractivity contribution in [3.63, 3.8) is 0 Å². The molecule has 8 nitrogen and oxygen atoms in total. The van der Waals surface area contributed by atoms with E-state index in [0.717, 1.165) is 66.8 Å². The number of fused-ring (bicyclic) bond motifs is 1. The number of pyridine rings is 2. The van der Waals surface area contributed by atoms with Gasteiger partial charge in [-0.3, -0.25) is 14.7 Å². The first-order valence-corrected chi connectivity index (χ1v) is 15.2. The summed E-state index contributed by atoms with van der Waals surface area (Å²) in [6.45, 7) is 10.9. The quantitative estimate of drug-likeness (QED) is 0.254. The van der Waals surface area contributed by atoms with Crippen LogP contribution in [0, 0.1) is 20.8 Å². The smallest absolute Gasteiger partial charge is 0.233 e. The number of benzene rings is 2. The molecule has 0 spiro atoms. The van der Waals surface area contributed by atoms with Gasteiger partial charge in [-0.2, -0.15) is 0 Å². The number of likely N-dealkylation sites (N-methyl/N-ethyl adjacent to an activating group) is 1. The molecule has 1 N–H and O–H groups in total. The Kier molecular flexibility index (Phi) is 8.35. The van der Waals surface area contributed by atoms with E-state index in [2.05, 4.69) is 100 Å². The number of ether oxygens (including phenoxy) is 1. The van der Waals surface area contributed by atoms with E-state index in [1.54, 1.807) is 14.2 Å². The van der Waals surface area contributed by atoms with Crippen molar-refractivity contribution in [1.82, 2.24) is 24.8 Å². The zero-order chi connectivity index (χ0) is 30.8. The summed E-state index contributed by atoms with van der Waals surface area (Å²) >= 11 is 0. The Morgan fingerprint density at radius 2 is 1.57 bits per heavy atom. The Balaban J connectivity index is 1.33. The highest BCUT2D eigenvalue weighted by atomic mass is 16.5. The van der Waals surface area contributed by atoms with Crippen LogP contribution in [-0.2, 0) is 11.3 Å². The number of aromatic nitrogens is 3. The summed E-state index contributed by atoms with van der Waals surface area (Å²) in [6.07, 6.45) is 1.98. The molecule has 0 aliphatic carbocycles. The third-order valence-electron chi connectivity index (χ3n) is 8.60. The van der Waals surface area contributed by atoms with E-state index in [1.807, 2.05) is 18.3 Å². The summed E-state index contributed by atoms with van der Waals surface area (Å²) < 4.78 is 7.84. The molecule has 1 aliphatic rings. The predicted octanol–water partition coefficient (Wildman–Crippen LogP) is 5.62. The second-order valence-electron chi connectivity index (χ2n) is 11.6. The number of carbonyl (C=O) groups is 1. The van der Waals surface area contributed by atoms with Gasteiger partial charge in [0.05, 0.1) is 19.3 Å². The molecule has 0 unspecified atom stereocenters. The Labute approximate surface area is 259 Å². The number of rotatable bonds is 8. The lowest BCUT2D eigenvalue weighted by Crippen LogP contribution is -2.49. The van der Waals surface area contributed by atoms with Crippen LogP contribution < -0.4 is 15.0 Å². The maximum Gasteiger partial charge on any atom is 0.233 e. The fraction of sp³-hybridized carbons (Fsp3) is 0.306. The summed E-state index contributed by atoms with van der Waals surface area (Å²) in [5, 5.41) is 3.95. The van der Waals surface area contributed by atoms with Crippen LogP contribution in [0.5, 0.6) is 5.75 Å². The molecule has 6 rings (SSSR count). The van der Waals surface area contributed by atoms with Crippen LogP contribution in [0.1, 0.15) is 22.5 Å². The first kappa shape index (κ1) is 29.4. The van der Waals surface area contributed by atoms with E-state index in [-0.39, 0.29) is 5.91 Å². The molecule has 0 atom stereocenters. The van der Waals surface area contributed by atoms with E-state index in [9.17, 15) is 4.79 Å². The van der Waals surface area contributed by atoms with E-state index < -0.39 is 0 Å². The van der Waals surface area contributed by atoms with Gasteiger partial charge in [0.25, 0.3) is 0 Å². The topological polar surface area (TPSA) is 75.5 Å². The Hall–Kier alpha value is -4.69. The number of nitrogens with one attached hydrogen (secondary N) is 1. The van der Waals surface area contributed by atoms with Gasteiger partial charge in [-0.25, -0.2) is 4.98 Å². The van der Waals surface area contributed by atoms with Gasteiger partial charge in [-0.15, -0.1) is 0 Å². The van der Waals surface area contributed by atoms with Crippen molar-refractivity contribution in [3.8, 4) is 28.1 Å². The standard InChI is InChI=1S/C36H40N6O2/c1-24-18-30(19-25(2)39-24)36-26(3)32-12-8-28(20-33(32)42(36)22-27-6-10-31(44-5)11-7-27)29-9-13-34(38-21-29)41-16-14-40(15-17-41)23-35(43)37-4/h6-13,18-21H,14-17,22-23H2,1-5H3,(H,37,43). The third-order valence-corrected chi connectivity index (χ3v) is 8.60. The second kappa shape index (κ2) is 12.5. The number of hydrogen-bond acceptors (Lipinski definition) is 6. The molecule has 226 valence electrons. The molecular formula is C36H40N6O2. The van der Waals surface area contributed by atoms with E-state index in [1.165, 1.54) is 33.3 Å². The number of nitrogens with zero attached hydrogens (tertiary/aromatic N) is 5. The average molecular weight is 589 g/mol. The Morgan fingerprint density at radius 3 is 2.20 bits per heavy atom. The molecule has 4 heterocycles. The molecule has 0 saturated carbocycles. The van der Waals surface area contributed by atoms with Crippen LogP contribution in [-0.4, -0.2) is 72.2 Å². The van der Waals surface area contributed by atoms with Crippen molar-refractivity contribution in [3.05, 3.63) is 95.4 Å². The monoisotopic (exact) mass is 588 g/mol. The van der Waals surface area contributed by atoms with E-state index in [4.69, 9.17) is 9.72 Å². The van der Waals surface area contributed by atoms with Crippen LogP contribution in [0.4, 0.5) is 5.82 Å². The summed E-state index contributed by atoms with van der Waals surface area (Å²) in [6, 6.07) is 23.7. The zero-order valence-corrected chi connectivity index (χ0v) is 26.2. The van der Waals surface area contributed by atoms with Crippen LogP contribution in [0.25, 0.3) is 33.3 Å². The van der Waals surface area contributed by atoms with Crippen molar-refractivity contribution in [1.29, 1.82) is 0 Å². The highest BCUT2D eigenvalue weighted by Crippen LogP contribution is 2.37. The second-order valence-corrected chi connectivity index (χ2v) is 11.6. The third kappa shape index (κ3) is 6.03. The number of methoxy groups -OCH3 is 1. The number of amides is 1. The van der Waals surface area contributed by atoms with Crippen molar-refractivity contribution < 1.29 is 9.53 Å². The summed E-state index contributed by atoms with van der Waals surface area (Å²) in [5.41, 5.74) is 10.3. The lowest BCUT2D eigenvalue weighted by atomic mass is 10.0. The van der Waals surface area contributed by atoms with Gasteiger partial charge in [-0.1, -0.05) is 24.3 Å². The molecule has 0 bridgehead atoms. The van der Waals surface area contributed by atoms with Crippen molar-refractivity contribution in [2.75, 3.05) is 51.8 Å². The van der Waals surface area contributed by atoms with Gasteiger partial charge in [0, 0.05) is 79.4 Å². The maximum atomic E-state index is 11.8. The van der Waals surface area contributed by atoms with Gasteiger partial charge in [-0.05, 0) is 79.9 Å². The number of carbonyl (C=O) groups excluding carboxylic acids is 1. The fourth-order valence-electron chi connectivity index (χ4n) is 6.28. The van der Waals surface area contributed by atoms with Gasteiger partial charge in [0.15, 0.2) is 0 Å². The van der Waals surface area contributed by atoms with Crippen molar-refractivity contribution >= 4 is 22.6 Å². The Bertz CT molecular complexity index is 1760. The normalized spacial score (nSPS) is 13.8. The number of piperazine rings is 1. The van der Waals surface area contributed by atoms with Crippen LogP contribution >= 0.6 is 0 Å². The average Bonchev–Trinajstić information content (AvgIpc) is 3.31. The summed E-state index contributed by atoms with van der Waals surface area (Å²) in [7, 11) is 3.38. The minimum Gasteiger partial charge on any atom is -0.497 e. The van der Waals surface area contributed by atoms with E-state index in [0.29, 0.717) is 6.54 Å². The lowest BCUT2D eigenvalue weighted by molar-refractivity contribution is -0.121. The van der Waals surface area contributed by atoms with Gasteiger partial charge < -0.3 is 19.5 Å². The Morgan fingerprint density at radius 1 is 0.864 bits per heavy atom. The maximum absolute atomic E-state index is 11.8. The molecule has 1 amide bonds. The largest absolute Gasteiger partial charge is 0.497 e. The molecule has 2 aromatic carbocycles. The van der Waals surface area contributed by atoms with Crippen LogP contribution in [0.15, 0.2) is 72.9 Å². The minimum atomic E-state index is 0.0568. The number of aryl methyl sites for hydroxylation is 3. The molecule has 5 aromatic rings. The molecule has 44 heavy (non-hydrogen) atoms. The van der Waals surface area contributed by atoms with Crippen LogP contribution in [0.2, 0.25) is 0 Å². The number of hydrogen-bond donors (Lipinski definition) is 1. The number of anilines is 1. The van der Waals surface area contributed by atoms with E-state index >= 15 is 0 Å². The van der Waals surface area contributed by atoms with Crippen molar-refractivity contribution in [2.45, 2.75) is 27.3 Å². The molecular weight excluding hydrogens is 548 g/mol. The molecule has 1 saturated heterocycles. The van der Waals surface area contributed by atoms with Gasteiger partial charge in [0.2, 0.25) is 5.91 Å². The highest BCUT2D eigenvalue weighted by Gasteiger charge is 2.21.